The molecular formula is C25H24N2O5S. The molecule has 0 spiro atoms. The van der Waals surface area contributed by atoms with Crippen LogP contribution in [0, 0.1) is 0 Å². The molecule has 2 aromatic carbocycles. The highest BCUT2D eigenvalue weighted by molar-refractivity contribution is 7.16. The predicted octanol–water partition coefficient (Wildman–Crippen LogP) is 4.72. The van der Waals surface area contributed by atoms with E-state index in [1.807, 2.05) is 6.07 Å². The molecule has 1 aromatic heterocycles. The summed E-state index contributed by atoms with van der Waals surface area (Å²) >= 11 is 1.68. The van der Waals surface area contributed by atoms with Crippen LogP contribution in [0.2, 0.25) is 0 Å². The molecule has 5 rings (SSSR count). The van der Waals surface area contributed by atoms with Crippen molar-refractivity contribution in [1.82, 2.24) is 5.32 Å². The van der Waals surface area contributed by atoms with Crippen molar-refractivity contribution in [3.63, 3.8) is 0 Å². The Kier molecular flexibility index (Phi) is 5.68. The lowest BCUT2D eigenvalue weighted by Crippen LogP contribution is -2.38. The average molecular weight is 465 g/mol. The highest BCUT2D eigenvalue weighted by atomic mass is 32.1. The number of anilines is 1. The van der Waals surface area contributed by atoms with Gasteiger partial charge in [0.15, 0.2) is 11.5 Å². The van der Waals surface area contributed by atoms with E-state index in [0.29, 0.717) is 22.8 Å². The summed E-state index contributed by atoms with van der Waals surface area (Å²) in [5.74, 6) is 0.812. The van der Waals surface area contributed by atoms with E-state index < -0.39 is 12.1 Å². The largest absolute Gasteiger partial charge is 0.497 e. The van der Waals surface area contributed by atoms with Crippen molar-refractivity contribution < 1.29 is 23.8 Å². The first kappa shape index (κ1) is 21.3. The number of carbonyl (C=O) groups is 2. The molecule has 33 heavy (non-hydrogen) atoms. The Bertz CT molecular complexity index is 1220. The lowest BCUT2D eigenvalue weighted by Gasteiger charge is -2.27. The topological polar surface area (TPSA) is 85.9 Å². The van der Waals surface area contributed by atoms with Gasteiger partial charge in [-0.15, -0.1) is 11.3 Å². The lowest BCUT2D eigenvalue weighted by molar-refractivity contribution is 0.0729. The maximum absolute atomic E-state index is 12.9. The van der Waals surface area contributed by atoms with Crippen molar-refractivity contribution in [2.45, 2.75) is 31.8 Å². The fourth-order valence-corrected chi connectivity index (χ4v) is 5.59. The fraction of sp³-hybridized carbons (Fsp3) is 0.280. The monoisotopic (exact) mass is 464 g/mol. The number of benzene rings is 2. The first-order valence-corrected chi connectivity index (χ1v) is 11.6. The minimum Gasteiger partial charge on any atom is -0.497 e. The van der Waals surface area contributed by atoms with Gasteiger partial charge in [-0.05, 0) is 73.2 Å². The number of rotatable bonds is 5. The first-order valence-electron chi connectivity index (χ1n) is 10.8. The molecule has 0 bridgehead atoms. The van der Waals surface area contributed by atoms with E-state index in [4.69, 9.17) is 14.2 Å². The van der Waals surface area contributed by atoms with E-state index in [9.17, 15) is 9.59 Å². The van der Waals surface area contributed by atoms with E-state index in [1.165, 1.54) is 24.0 Å². The minimum absolute atomic E-state index is 0.0536. The molecule has 0 fully saturated rings. The summed E-state index contributed by atoms with van der Waals surface area (Å²) in [6.45, 7) is 0. The molecule has 1 atom stereocenters. The number of carbonyl (C=O) groups excluding carboxylic acids is 2. The lowest BCUT2D eigenvalue weighted by atomic mass is 9.94. The highest BCUT2D eigenvalue weighted by Crippen LogP contribution is 2.42. The van der Waals surface area contributed by atoms with Crippen LogP contribution in [0.3, 0.4) is 0 Å². The SMILES string of the molecule is COc1ccc(C(=O)Oc2ccc(C3NC(=O)c4c(sc5c4CCCC5)N3)cc2OC)cc1. The van der Waals surface area contributed by atoms with Crippen LogP contribution in [0.1, 0.15) is 55.7 Å². The summed E-state index contributed by atoms with van der Waals surface area (Å²) in [6.07, 6.45) is 3.90. The van der Waals surface area contributed by atoms with E-state index >= 15 is 0 Å². The number of hydrogen-bond donors (Lipinski definition) is 2. The van der Waals surface area contributed by atoms with Crippen LogP contribution in [0.15, 0.2) is 42.5 Å². The van der Waals surface area contributed by atoms with Crippen LogP contribution in [-0.2, 0) is 12.8 Å². The molecule has 2 N–H and O–H groups in total. The molecule has 170 valence electrons. The molecule has 1 aliphatic carbocycles. The molecular weight excluding hydrogens is 440 g/mol. The number of thiophene rings is 1. The van der Waals surface area contributed by atoms with Crippen LogP contribution < -0.4 is 24.8 Å². The van der Waals surface area contributed by atoms with E-state index in [2.05, 4.69) is 10.6 Å². The number of ether oxygens (including phenoxy) is 3. The van der Waals surface area contributed by atoms with Crippen molar-refractivity contribution in [2.75, 3.05) is 19.5 Å². The van der Waals surface area contributed by atoms with Crippen molar-refractivity contribution in [3.8, 4) is 17.2 Å². The molecule has 2 heterocycles. The second-order valence-electron chi connectivity index (χ2n) is 7.99. The van der Waals surface area contributed by atoms with Crippen LogP contribution in [0.25, 0.3) is 0 Å². The molecule has 0 radical (unpaired) electrons. The summed E-state index contributed by atoms with van der Waals surface area (Å²) in [7, 11) is 3.08. The van der Waals surface area contributed by atoms with Gasteiger partial charge in [-0.1, -0.05) is 6.07 Å². The normalized spacial score (nSPS) is 16.7. The number of nitrogens with one attached hydrogen (secondary N) is 2. The molecule has 2 aliphatic rings. The van der Waals surface area contributed by atoms with E-state index in [-0.39, 0.29) is 5.91 Å². The minimum atomic E-state index is -0.499. The smallest absolute Gasteiger partial charge is 0.343 e. The quantitative estimate of drug-likeness (QED) is 0.420. The number of aryl methyl sites for hydroxylation is 1. The molecule has 8 heteroatoms. The zero-order valence-electron chi connectivity index (χ0n) is 18.4. The average Bonchev–Trinajstić information content (AvgIpc) is 3.23. The molecule has 7 nitrogen and oxygen atoms in total. The van der Waals surface area contributed by atoms with Crippen LogP contribution in [0.5, 0.6) is 17.2 Å². The second kappa shape index (κ2) is 8.78. The van der Waals surface area contributed by atoms with Gasteiger partial charge in [0.25, 0.3) is 5.91 Å². The van der Waals surface area contributed by atoms with Crippen LogP contribution in [-0.4, -0.2) is 26.1 Å². The Labute approximate surface area is 195 Å². The van der Waals surface area contributed by atoms with Crippen molar-refractivity contribution >= 4 is 28.2 Å². The third-order valence-corrected chi connectivity index (χ3v) is 7.22. The van der Waals surface area contributed by atoms with Gasteiger partial charge in [0, 0.05) is 4.88 Å². The molecule has 1 aliphatic heterocycles. The third-order valence-electron chi connectivity index (χ3n) is 6.00. The Hall–Kier alpha value is -3.52. The fourth-order valence-electron chi connectivity index (χ4n) is 4.28. The molecule has 1 amide bonds. The van der Waals surface area contributed by atoms with Crippen molar-refractivity contribution in [3.05, 3.63) is 69.6 Å². The van der Waals surface area contributed by atoms with Gasteiger partial charge in [0.2, 0.25) is 0 Å². The van der Waals surface area contributed by atoms with Crippen LogP contribution in [0.4, 0.5) is 5.00 Å². The Balaban J connectivity index is 1.36. The highest BCUT2D eigenvalue weighted by Gasteiger charge is 2.32. The molecule has 0 saturated carbocycles. The number of methoxy groups -OCH3 is 2. The van der Waals surface area contributed by atoms with Gasteiger partial charge >= 0.3 is 5.97 Å². The number of fused-ring (bicyclic) bond motifs is 3. The van der Waals surface area contributed by atoms with E-state index in [0.717, 1.165) is 35.4 Å². The van der Waals surface area contributed by atoms with Gasteiger partial charge in [0.05, 0.1) is 25.3 Å². The van der Waals surface area contributed by atoms with Gasteiger partial charge in [-0.3, -0.25) is 4.79 Å². The number of esters is 1. The zero-order valence-corrected chi connectivity index (χ0v) is 19.2. The number of amides is 1. The summed E-state index contributed by atoms with van der Waals surface area (Å²) in [5.41, 5.74) is 3.20. The Morgan fingerprint density at radius 3 is 2.52 bits per heavy atom. The standard InChI is InChI=1S/C25H24N2O5S/c1-30-16-10-7-14(8-11-16)25(29)32-18-12-9-15(13-19(18)31-2)22-26-23(28)21-17-5-3-4-6-20(17)33-24(21)27-22/h7-13,22,27H,3-6H2,1-2H3,(H,26,28). The van der Waals surface area contributed by atoms with Gasteiger partial charge in [-0.25, -0.2) is 4.79 Å². The zero-order chi connectivity index (χ0) is 22.9. The summed E-state index contributed by atoms with van der Waals surface area (Å²) in [6, 6.07) is 11.9. The molecule has 0 saturated heterocycles. The maximum atomic E-state index is 12.9. The first-order chi connectivity index (χ1) is 16.1. The maximum Gasteiger partial charge on any atom is 0.343 e. The summed E-state index contributed by atoms with van der Waals surface area (Å²) in [5, 5.41) is 7.44. The van der Waals surface area contributed by atoms with Crippen molar-refractivity contribution in [2.24, 2.45) is 0 Å². The number of hydrogen-bond acceptors (Lipinski definition) is 7. The summed E-state index contributed by atoms with van der Waals surface area (Å²) < 4.78 is 16.2. The Morgan fingerprint density at radius 1 is 0.970 bits per heavy atom. The summed E-state index contributed by atoms with van der Waals surface area (Å²) in [4.78, 5) is 26.8. The van der Waals surface area contributed by atoms with E-state index in [1.54, 1.807) is 54.8 Å². The molecule has 3 aromatic rings. The van der Waals surface area contributed by atoms with Gasteiger partial charge in [-0.2, -0.15) is 0 Å². The van der Waals surface area contributed by atoms with Crippen LogP contribution >= 0.6 is 11.3 Å². The predicted molar refractivity (Wildman–Crippen MR) is 126 cm³/mol. The van der Waals surface area contributed by atoms with Gasteiger partial charge < -0.3 is 24.8 Å². The second-order valence-corrected chi connectivity index (χ2v) is 9.10. The Morgan fingerprint density at radius 2 is 1.76 bits per heavy atom. The molecule has 1 unspecified atom stereocenters. The van der Waals surface area contributed by atoms with Crippen molar-refractivity contribution in [1.29, 1.82) is 0 Å². The van der Waals surface area contributed by atoms with Gasteiger partial charge in [0.1, 0.15) is 16.9 Å². The third kappa shape index (κ3) is 4.02.